The maximum absolute atomic E-state index is 11.9. The van der Waals surface area contributed by atoms with Crippen molar-refractivity contribution in [2.75, 3.05) is 11.9 Å². The predicted molar refractivity (Wildman–Crippen MR) is 101 cm³/mol. The molecule has 0 aliphatic carbocycles. The monoisotopic (exact) mass is 407 g/mol. The van der Waals surface area contributed by atoms with Gasteiger partial charge < -0.3 is 20.5 Å². The molecule has 0 radical (unpaired) electrons. The lowest BCUT2D eigenvalue weighted by Crippen LogP contribution is -2.33. The number of benzene rings is 1. The van der Waals surface area contributed by atoms with Gasteiger partial charge in [-0.25, -0.2) is 9.78 Å². The molecule has 0 aliphatic heterocycles. The molecule has 2 unspecified atom stereocenters. The summed E-state index contributed by atoms with van der Waals surface area (Å²) in [6.07, 6.45) is 1.80. The van der Waals surface area contributed by atoms with Crippen LogP contribution in [0.1, 0.15) is 20.3 Å². The lowest BCUT2D eigenvalue weighted by molar-refractivity contribution is 0.163. The minimum Gasteiger partial charge on any atom is -0.439 e. The normalized spacial score (nSPS) is 13.0. The van der Waals surface area contributed by atoms with E-state index < -0.39 is 0 Å². The van der Waals surface area contributed by atoms with Crippen LogP contribution in [0, 0.1) is 5.92 Å². The summed E-state index contributed by atoms with van der Waals surface area (Å²) in [5.41, 5.74) is 0.572. The van der Waals surface area contributed by atoms with Crippen molar-refractivity contribution < 1.29 is 14.6 Å². The quantitative estimate of drug-likeness (QED) is 0.642. The maximum atomic E-state index is 11.9. The Morgan fingerprint density at radius 3 is 2.76 bits per heavy atom. The first kappa shape index (κ1) is 19.2. The third-order valence-electron chi connectivity index (χ3n) is 3.37. The van der Waals surface area contributed by atoms with E-state index in [0.717, 1.165) is 4.47 Å². The number of aliphatic hydroxyl groups is 1. The zero-order valence-corrected chi connectivity index (χ0v) is 15.8. The summed E-state index contributed by atoms with van der Waals surface area (Å²) in [5, 5.41) is 14.8. The Morgan fingerprint density at radius 2 is 2.12 bits per heavy atom. The predicted octanol–water partition coefficient (Wildman–Crippen LogP) is 4.16. The molecule has 3 N–H and O–H groups in total. The van der Waals surface area contributed by atoms with Crippen molar-refractivity contribution >= 4 is 27.6 Å². The van der Waals surface area contributed by atoms with E-state index in [4.69, 9.17) is 4.74 Å². The molecule has 0 saturated heterocycles. The number of carbonyl (C=O) groups excluding carboxylic acids is 1. The van der Waals surface area contributed by atoms with Crippen molar-refractivity contribution in [3.05, 3.63) is 47.1 Å². The van der Waals surface area contributed by atoms with Crippen molar-refractivity contribution in [3.8, 4) is 11.6 Å². The average Bonchev–Trinajstić information content (AvgIpc) is 2.54. The van der Waals surface area contributed by atoms with Gasteiger partial charge in [-0.15, -0.1) is 0 Å². The summed E-state index contributed by atoms with van der Waals surface area (Å²) in [7, 11) is 0. The van der Waals surface area contributed by atoms with Crippen LogP contribution in [0.4, 0.5) is 10.5 Å². The molecule has 0 bridgehead atoms. The van der Waals surface area contributed by atoms with Gasteiger partial charge >= 0.3 is 6.03 Å². The minimum atomic E-state index is -0.373. The highest BCUT2D eigenvalue weighted by molar-refractivity contribution is 9.10. The van der Waals surface area contributed by atoms with Gasteiger partial charge in [0.2, 0.25) is 5.88 Å². The number of aromatic nitrogens is 1. The molecule has 1 heterocycles. The highest BCUT2D eigenvalue weighted by Gasteiger charge is 2.09. The first-order chi connectivity index (χ1) is 11.9. The molecule has 0 aliphatic rings. The highest BCUT2D eigenvalue weighted by atomic mass is 79.9. The van der Waals surface area contributed by atoms with Crippen LogP contribution in [0.3, 0.4) is 0 Å². The van der Waals surface area contributed by atoms with E-state index in [1.54, 1.807) is 19.1 Å². The minimum absolute atomic E-state index is 0.199. The number of rotatable bonds is 7. The van der Waals surface area contributed by atoms with E-state index in [-0.39, 0.29) is 18.1 Å². The van der Waals surface area contributed by atoms with E-state index in [0.29, 0.717) is 30.3 Å². The van der Waals surface area contributed by atoms with Crippen LogP contribution >= 0.6 is 15.9 Å². The second-order valence-corrected chi connectivity index (χ2v) is 6.89. The number of carbonyl (C=O) groups is 1. The average molecular weight is 408 g/mol. The molecule has 2 rings (SSSR count). The Hall–Kier alpha value is -2.12. The SMILES string of the molecule is CC(O)CC(C)CNC(=O)Nc1ccc(Oc2cccc(Br)c2)nc1. The molecule has 0 fully saturated rings. The number of hydrogen-bond acceptors (Lipinski definition) is 4. The Kier molecular flexibility index (Phi) is 7.21. The third-order valence-corrected chi connectivity index (χ3v) is 3.86. The molecular weight excluding hydrogens is 386 g/mol. The van der Waals surface area contributed by atoms with Gasteiger partial charge in [0.1, 0.15) is 5.75 Å². The molecule has 1 aromatic carbocycles. The van der Waals surface area contributed by atoms with Gasteiger partial charge in [0.15, 0.2) is 0 Å². The number of nitrogens with one attached hydrogen (secondary N) is 2. The standard InChI is InChI=1S/C18H22BrN3O3/c1-12(8-13(2)23)10-21-18(24)22-15-6-7-17(20-11-15)25-16-5-3-4-14(19)9-16/h3-7,9,11-13,23H,8,10H2,1-2H3,(H2,21,22,24). The van der Waals surface area contributed by atoms with E-state index in [1.807, 2.05) is 31.2 Å². The van der Waals surface area contributed by atoms with Gasteiger partial charge in [0, 0.05) is 17.1 Å². The van der Waals surface area contributed by atoms with Crippen LogP contribution in [0.15, 0.2) is 47.1 Å². The van der Waals surface area contributed by atoms with E-state index in [1.165, 1.54) is 6.20 Å². The molecule has 0 saturated carbocycles. The number of anilines is 1. The summed E-state index contributed by atoms with van der Waals surface area (Å²) in [6.45, 7) is 4.21. The summed E-state index contributed by atoms with van der Waals surface area (Å²) < 4.78 is 6.56. The van der Waals surface area contributed by atoms with Gasteiger partial charge in [-0.1, -0.05) is 28.9 Å². The lowest BCUT2D eigenvalue weighted by Gasteiger charge is -2.14. The van der Waals surface area contributed by atoms with Gasteiger partial charge in [-0.2, -0.15) is 0 Å². The van der Waals surface area contributed by atoms with Crippen LogP contribution in [0.5, 0.6) is 11.6 Å². The summed E-state index contributed by atoms with van der Waals surface area (Å²) in [4.78, 5) is 16.0. The lowest BCUT2D eigenvalue weighted by atomic mass is 10.1. The fourth-order valence-corrected chi connectivity index (χ4v) is 2.65. The highest BCUT2D eigenvalue weighted by Crippen LogP contribution is 2.23. The fraction of sp³-hybridized carbons (Fsp3) is 0.333. The number of aliphatic hydroxyl groups excluding tert-OH is 1. The van der Waals surface area contributed by atoms with Gasteiger partial charge in [0.05, 0.1) is 18.0 Å². The van der Waals surface area contributed by atoms with Crippen molar-refractivity contribution in [1.82, 2.24) is 10.3 Å². The van der Waals surface area contributed by atoms with E-state index in [9.17, 15) is 9.90 Å². The molecule has 1 aromatic heterocycles. The first-order valence-corrected chi connectivity index (χ1v) is 8.84. The molecule has 0 spiro atoms. The van der Waals surface area contributed by atoms with Gasteiger partial charge in [0.25, 0.3) is 0 Å². The first-order valence-electron chi connectivity index (χ1n) is 8.05. The van der Waals surface area contributed by atoms with Crippen LogP contribution in [-0.2, 0) is 0 Å². The number of hydrogen-bond donors (Lipinski definition) is 3. The Balaban J connectivity index is 1.82. The molecule has 134 valence electrons. The second kappa shape index (κ2) is 9.39. The molecule has 7 heteroatoms. The van der Waals surface area contributed by atoms with Crippen molar-refractivity contribution in [2.45, 2.75) is 26.4 Å². The molecule has 25 heavy (non-hydrogen) atoms. The fourth-order valence-electron chi connectivity index (χ4n) is 2.27. The maximum Gasteiger partial charge on any atom is 0.319 e. The summed E-state index contributed by atoms with van der Waals surface area (Å²) in [6, 6.07) is 10.6. The smallest absolute Gasteiger partial charge is 0.319 e. The van der Waals surface area contributed by atoms with Crippen LogP contribution in [0.25, 0.3) is 0 Å². The van der Waals surface area contributed by atoms with Crippen molar-refractivity contribution in [1.29, 1.82) is 0 Å². The third kappa shape index (κ3) is 7.11. The van der Waals surface area contributed by atoms with Crippen LogP contribution in [0.2, 0.25) is 0 Å². The van der Waals surface area contributed by atoms with Crippen LogP contribution < -0.4 is 15.4 Å². The number of urea groups is 1. The molecule has 2 atom stereocenters. The Morgan fingerprint density at radius 1 is 1.32 bits per heavy atom. The van der Waals surface area contributed by atoms with E-state index in [2.05, 4.69) is 31.5 Å². The zero-order chi connectivity index (χ0) is 18.2. The number of nitrogens with zero attached hydrogens (tertiary/aromatic N) is 1. The van der Waals surface area contributed by atoms with Crippen LogP contribution in [-0.4, -0.2) is 28.8 Å². The molecular formula is C18H22BrN3O3. The zero-order valence-electron chi connectivity index (χ0n) is 14.2. The van der Waals surface area contributed by atoms with Crippen molar-refractivity contribution in [2.24, 2.45) is 5.92 Å². The number of pyridine rings is 1. The topological polar surface area (TPSA) is 83.5 Å². The largest absolute Gasteiger partial charge is 0.439 e. The van der Waals surface area contributed by atoms with E-state index >= 15 is 0 Å². The number of amides is 2. The van der Waals surface area contributed by atoms with Gasteiger partial charge in [-0.05, 0) is 43.5 Å². The second-order valence-electron chi connectivity index (χ2n) is 5.97. The Labute approximate surface area is 155 Å². The molecule has 2 amide bonds. The van der Waals surface area contributed by atoms with Crippen molar-refractivity contribution in [3.63, 3.8) is 0 Å². The number of ether oxygens (including phenoxy) is 1. The molecule has 2 aromatic rings. The Bertz CT molecular complexity index is 692. The number of halogens is 1. The summed E-state index contributed by atoms with van der Waals surface area (Å²) in [5.74, 6) is 1.31. The van der Waals surface area contributed by atoms with Gasteiger partial charge in [-0.3, -0.25) is 0 Å². The summed E-state index contributed by atoms with van der Waals surface area (Å²) >= 11 is 3.38. The molecule has 6 nitrogen and oxygen atoms in total.